The summed E-state index contributed by atoms with van der Waals surface area (Å²) in [4.78, 5) is 0.532. The average molecular weight is 214 g/mol. The summed E-state index contributed by atoms with van der Waals surface area (Å²) in [6.45, 7) is 3.94. The van der Waals surface area contributed by atoms with Gasteiger partial charge < -0.3 is 10.0 Å². The second kappa shape index (κ2) is 4.82. The van der Waals surface area contributed by atoms with Crippen LogP contribution in [0.4, 0.5) is 4.39 Å². The van der Waals surface area contributed by atoms with Crippen LogP contribution in [-0.4, -0.2) is 22.4 Å². The van der Waals surface area contributed by atoms with E-state index in [2.05, 4.69) is 0 Å². The van der Waals surface area contributed by atoms with Crippen LogP contribution in [0.25, 0.3) is 0 Å². The predicted molar refractivity (Wildman–Crippen MR) is 57.2 cm³/mol. The summed E-state index contributed by atoms with van der Waals surface area (Å²) in [6.07, 6.45) is 0. The van der Waals surface area contributed by atoms with Gasteiger partial charge in [-0.1, -0.05) is 19.9 Å². The van der Waals surface area contributed by atoms with Crippen LogP contribution < -0.4 is 5.46 Å². The molecule has 0 saturated carbocycles. The van der Waals surface area contributed by atoms with Crippen LogP contribution in [0.2, 0.25) is 0 Å². The van der Waals surface area contributed by atoms with E-state index in [0.717, 1.165) is 6.07 Å². The molecule has 76 valence electrons. The molecule has 0 heterocycles. The van der Waals surface area contributed by atoms with Gasteiger partial charge in [0.2, 0.25) is 0 Å². The zero-order valence-electron chi connectivity index (χ0n) is 8.07. The van der Waals surface area contributed by atoms with E-state index >= 15 is 0 Å². The van der Waals surface area contributed by atoms with Crippen LogP contribution >= 0.6 is 11.8 Å². The molecule has 0 bridgehead atoms. The molecule has 14 heavy (non-hydrogen) atoms. The molecule has 1 rings (SSSR count). The second-order valence-electron chi connectivity index (χ2n) is 3.23. The molecule has 0 saturated heterocycles. The second-order valence-corrected chi connectivity index (χ2v) is 4.85. The Kier molecular flexibility index (Phi) is 3.98. The fourth-order valence-corrected chi connectivity index (χ4v) is 1.85. The van der Waals surface area contributed by atoms with E-state index in [-0.39, 0.29) is 5.46 Å². The summed E-state index contributed by atoms with van der Waals surface area (Å²) in [6, 6.07) is 4.22. The lowest BCUT2D eigenvalue weighted by Crippen LogP contribution is -2.30. The fraction of sp³-hybridized carbons (Fsp3) is 0.333. The summed E-state index contributed by atoms with van der Waals surface area (Å²) < 4.78 is 13.3. The molecule has 0 fully saturated rings. The van der Waals surface area contributed by atoms with Crippen LogP contribution in [0.5, 0.6) is 0 Å². The lowest BCUT2D eigenvalue weighted by atomic mass is 9.80. The minimum atomic E-state index is -1.61. The lowest BCUT2D eigenvalue weighted by molar-refractivity contribution is 0.425. The van der Waals surface area contributed by atoms with Gasteiger partial charge in [0, 0.05) is 10.1 Å². The third kappa shape index (κ3) is 3.01. The third-order valence-corrected chi connectivity index (χ3v) is 2.67. The van der Waals surface area contributed by atoms with Gasteiger partial charge in [-0.05, 0) is 17.6 Å². The van der Waals surface area contributed by atoms with Gasteiger partial charge in [0.15, 0.2) is 0 Å². The Morgan fingerprint density at radius 3 is 2.43 bits per heavy atom. The van der Waals surface area contributed by atoms with Crippen molar-refractivity contribution in [2.45, 2.75) is 24.0 Å². The first kappa shape index (κ1) is 11.6. The normalized spacial score (nSPS) is 10.7. The van der Waals surface area contributed by atoms with Gasteiger partial charge in [-0.25, -0.2) is 4.39 Å². The molecular formula is C9H12BFO2S. The van der Waals surface area contributed by atoms with Crippen molar-refractivity contribution >= 4 is 24.3 Å². The zero-order valence-corrected chi connectivity index (χ0v) is 8.88. The smallest absolute Gasteiger partial charge is 0.423 e. The van der Waals surface area contributed by atoms with E-state index in [4.69, 9.17) is 10.0 Å². The maximum absolute atomic E-state index is 13.3. The van der Waals surface area contributed by atoms with Crippen LogP contribution in [0, 0.1) is 5.82 Å². The molecule has 0 aliphatic rings. The van der Waals surface area contributed by atoms with Crippen LogP contribution in [0.3, 0.4) is 0 Å². The van der Waals surface area contributed by atoms with E-state index in [0.29, 0.717) is 10.1 Å². The number of hydrogen-bond donors (Lipinski definition) is 2. The van der Waals surface area contributed by atoms with E-state index in [1.165, 1.54) is 17.8 Å². The molecule has 0 aliphatic carbocycles. The lowest BCUT2D eigenvalue weighted by Gasteiger charge is -2.07. The van der Waals surface area contributed by atoms with Gasteiger partial charge in [-0.15, -0.1) is 11.8 Å². The van der Waals surface area contributed by atoms with Gasteiger partial charge in [0.25, 0.3) is 0 Å². The van der Waals surface area contributed by atoms with Gasteiger partial charge in [-0.3, -0.25) is 0 Å². The van der Waals surface area contributed by atoms with Gasteiger partial charge >= 0.3 is 7.12 Å². The standard InChI is InChI=1S/C9H12BFO2S/c1-6(2)14-9-4-3-7(10(12)13)5-8(9)11/h3-6,12-13H,1-2H3. The minimum absolute atomic E-state index is 0.176. The highest BCUT2D eigenvalue weighted by molar-refractivity contribution is 7.99. The molecule has 0 unspecified atom stereocenters. The fourth-order valence-electron chi connectivity index (χ4n) is 1.03. The minimum Gasteiger partial charge on any atom is -0.423 e. The first-order valence-electron chi connectivity index (χ1n) is 4.33. The zero-order chi connectivity index (χ0) is 10.7. The largest absolute Gasteiger partial charge is 0.488 e. The van der Waals surface area contributed by atoms with Gasteiger partial charge in [-0.2, -0.15) is 0 Å². The Balaban J connectivity index is 2.90. The highest BCUT2D eigenvalue weighted by atomic mass is 32.2. The Morgan fingerprint density at radius 1 is 1.36 bits per heavy atom. The van der Waals surface area contributed by atoms with E-state index in [1.807, 2.05) is 13.8 Å². The molecule has 0 aromatic heterocycles. The number of thioether (sulfide) groups is 1. The maximum Gasteiger partial charge on any atom is 0.488 e. The first-order valence-corrected chi connectivity index (χ1v) is 5.21. The van der Waals surface area contributed by atoms with Crippen LogP contribution in [0.1, 0.15) is 13.8 Å². The van der Waals surface area contributed by atoms with E-state index < -0.39 is 12.9 Å². The van der Waals surface area contributed by atoms with Crippen LogP contribution in [-0.2, 0) is 0 Å². The van der Waals surface area contributed by atoms with Gasteiger partial charge in [0.05, 0.1) is 0 Å². The predicted octanol–water partition coefficient (Wildman–Crippen LogP) is 1.01. The molecule has 0 spiro atoms. The molecule has 1 aromatic carbocycles. The van der Waals surface area contributed by atoms with Crippen molar-refractivity contribution in [1.82, 2.24) is 0 Å². The number of hydrogen-bond acceptors (Lipinski definition) is 3. The molecule has 0 atom stereocenters. The number of halogens is 1. The molecule has 0 aliphatic heterocycles. The van der Waals surface area contributed by atoms with Crippen molar-refractivity contribution in [3.8, 4) is 0 Å². The first-order chi connectivity index (χ1) is 6.50. The number of benzene rings is 1. The molecule has 0 amide bonds. The summed E-state index contributed by atoms with van der Waals surface area (Å²) in [5.41, 5.74) is 0.176. The highest BCUT2D eigenvalue weighted by Gasteiger charge is 2.13. The molecule has 2 N–H and O–H groups in total. The van der Waals surface area contributed by atoms with Crippen molar-refractivity contribution in [3.63, 3.8) is 0 Å². The maximum atomic E-state index is 13.3. The summed E-state index contributed by atoms with van der Waals surface area (Å²) in [5.74, 6) is -0.408. The SMILES string of the molecule is CC(C)Sc1ccc(B(O)O)cc1F. The van der Waals surface area contributed by atoms with Crippen LogP contribution in [0.15, 0.2) is 23.1 Å². The van der Waals surface area contributed by atoms with Crippen molar-refractivity contribution in [1.29, 1.82) is 0 Å². The molecular weight excluding hydrogens is 202 g/mol. The quantitative estimate of drug-likeness (QED) is 0.582. The Labute approximate surface area is 87.3 Å². The molecule has 2 nitrogen and oxygen atoms in total. The average Bonchev–Trinajstić information content (AvgIpc) is 2.07. The Hall–Kier alpha value is -0.515. The summed E-state index contributed by atoms with van der Waals surface area (Å²) in [7, 11) is -1.61. The van der Waals surface area contributed by atoms with E-state index in [9.17, 15) is 4.39 Å². The van der Waals surface area contributed by atoms with Crippen molar-refractivity contribution in [2.75, 3.05) is 0 Å². The van der Waals surface area contributed by atoms with Crippen molar-refractivity contribution in [2.24, 2.45) is 0 Å². The Morgan fingerprint density at radius 2 is 2.00 bits per heavy atom. The molecule has 1 aromatic rings. The van der Waals surface area contributed by atoms with Crippen molar-refractivity contribution < 1.29 is 14.4 Å². The van der Waals surface area contributed by atoms with E-state index in [1.54, 1.807) is 6.07 Å². The number of rotatable bonds is 3. The summed E-state index contributed by atoms with van der Waals surface area (Å²) >= 11 is 1.41. The summed E-state index contributed by atoms with van der Waals surface area (Å²) in [5, 5.41) is 17.9. The molecule has 5 heteroatoms. The monoisotopic (exact) mass is 214 g/mol. The molecule has 0 radical (unpaired) electrons. The highest BCUT2D eigenvalue weighted by Crippen LogP contribution is 2.24. The topological polar surface area (TPSA) is 40.5 Å². The van der Waals surface area contributed by atoms with Crippen molar-refractivity contribution in [3.05, 3.63) is 24.0 Å². The van der Waals surface area contributed by atoms with Gasteiger partial charge in [0.1, 0.15) is 5.82 Å². The Bertz CT molecular complexity index is 318. The third-order valence-electron chi connectivity index (χ3n) is 1.62.